The Balaban J connectivity index is 1.48. The van der Waals surface area contributed by atoms with Gasteiger partial charge in [-0.05, 0) is 49.7 Å². The van der Waals surface area contributed by atoms with E-state index in [0.29, 0.717) is 37.9 Å². The molecule has 0 saturated heterocycles. The predicted molar refractivity (Wildman–Crippen MR) is 135 cm³/mol. The van der Waals surface area contributed by atoms with E-state index in [9.17, 15) is 9.18 Å². The van der Waals surface area contributed by atoms with Gasteiger partial charge in [0.05, 0.1) is 19.8 Å². The van der Waals surface area contributed by atoms with E-state index in [0.717, 1.165) is 35.5 Å². The Morgan fingerprint density at radius 1 is 1.03 bits per heavy atom. The van der Waals surface area contributed by atoms with Crippen LogP contribution >= 0.6 is 0 Å². The van der Waals surface area contributed by atoms with Gasteiger partial charge in [0.15, 0.2) is 0 Å². The molecule has 0 fully saturated rings. The highest BCUT2D eigenvalue weighted by Gasteiger charge is 2.24. The average molecular weight is 479 g/mol. The molecule has 1 aromatic heterocycles. The van der Waals surface area contributed by atoms with Crippen LogP contribution in [0.4, 0.5) is 15.9 Å². The van der Waals surface area contributed by atoms with E-state index in [1.165, 1.54) is 12.1 Å². The molecule has 1 aliphatic rings. The van der Waals surface area contributed by atoms with Crippen LogP contribution in [0.3, 0.4) is 0 Å². The third kappa shape index (κ3) is 6.35. The normalized spacial score (nSPS) is 12.6. The Labute approximate surface area is 205 Å². The summed E-state index contributed by atoms with van der Waals surface area (Å²) in [6, 6.07) is 14.3. The number of aromatic nitrogens is 2. The van der Waals surface area contributed by atoms with Crippen LogP contribution in [-0.4, -0.2) is 46.8 Å². The van der Waals surface area contributed by atoms with E-state index in [1.54, 1.807) is 29.4 Å². The third-order valence-corrected chi connectivity index (χ3v) is 5.68. The molecule has 0 bridgehead atoms. The Morgan fingerprint density at radius 2 is 1.77 bits per heavy atom. The van der Waals surface area contributed by atoms with Gasteiger partial charge in [-0.2, -0.15) is 0 Å². The molecule has 0 atom stereocenters. The third-order valence-electron chi connectivity index (χ3n) is 5.68. The number of halogens is 1. The van der Waals surface area contributed by atoms with Gasteiger partial charge in [-0.15, -0.1) is 0 Å². The fourth-order valence-corrected chi connectivity index (χ4v) is 3.69. The van der Waals surface area contributed by atoms with Gasteiger partial charge in [0.2, 0.25) is 0 Å². The molecule has 0 radical (unpaired) electrons. The minimum atomic E-state index is -0.307. The molecule has 0 aliphatic carbocycles. The number of unbranched alkanes of at least 4 members (excludes halogenated alkanes) is 1. The van der Waals surface area contributed by atoms with Crippen LogP contribution in [0.25, 0.3) is 17.5 Å². The predicted octanol–water partition coefficient (Wildman–Crippen LogP) is 5.34. The molecule has 3 aromatic rings. The zero-order chi connectivity index (χ0) is 24.6. The quantitative estimate of drug-likeness (QED) is 0.377. The number of carbonyl (C=O) groups excluding carboxylic acids is 1. The number of anilines is 2. The Bertz CT molecular complexity index is 1160. The minimum Gasteiger partial charge on any atom is -0.379 e. The maximum absolute atomic E-state index is 13.5. The number of hydrogen-bond acceptors (Lipinski definition) is 5. The molecule has 8 heteroatoms. The maximum Gasteiger partial charge on any atom is 0.252 e. The topological polar surface area (TPSA) is 68.6 Å². The second kappa shape index (κ2) is 11.8. The van der Waals surface area contributed by atoms with Crippen molar-refractivity contribution < 1.29 is 18.7 Å². The Kier molecular flexibility index (Phi) is 8.28. The number of imidazole rings is 1. The summed E-state index contributed by atoms with van der Waals surface area (Å²) in [5.41, 5.74) is 3.53. The molecule has 2 aromatic carbocycles. The van der Waals surface area contributed by atoms with Gasteiger partial charge >= 0.3 is 0 Å². The van der Waals surface area contributed by atoms with Gasteiger partial charge in [0.25, 0.3) is 5.91 Å². The molecule has 0 spiro atoms. The Hall–Kier alpha value is -3.49. The van der Waals surface area contributed by atoms with Crippen molar-refractivity contribution in [3.05, 3.63) is 71.9 Å². The van der Waals surface area contributed by atoms with Crippen LogP contribution < -0.4 is 5.32 Å². The monoisotopic (exact) mass is 478 g/mol. The van der Waals surface area contributed by atoms with Crippen LogP contribution in [0, 0.1) is 12.7 Å². The second-order valence-corrected chi connectivity index (χ2v) is 8.43. The highest BCUT2D eigenvalue weighted by atomic mass is 19.1. The summed E-state index contributed by atoms with van der Waals surface area (Å²) in [7, 11) is 0. The van der Waals surface area contributed by atoms with E-state index in [-0.39, 0.29) is 18.3 Å². The molecule has 184 valence electrons. The molecule has 1 N–H and O–H groups in total. The lowest BCUT2D eigenvalue weighted by molar-refractivity contribution is -0.134. The van der Waals surface area contributed by atoms with E-state index >= 15 is 0 Å². The van der Waals surface area contributed by atoms with Gasteiger partial charge < -0.3 is 19.7 Å². The lowest BCUT2D eigenvalue weighted by atomic mass is 10.1. The maximum atomic E-state index is 13.5. The molecule has 7 nitrogen and oxygen atoms in total. The number of nitrogens with zero attached hydrogens (tertiary/aromatic N) is 3. The highest BCUT2D eigenvalue weighted by molar-refractivity contribution is 5.81. The first-order valence-corrected chi connectivity index (χ1v) is 11.9. The standard InChI is InChI=1S/C27H31FN4O3/c1-3-4-15-34-16-17-35-19-25(33)31-13-14-32-24(18-31)30-26(21-7-9-22(28)10-8-21)27(32)29-23-11-5-20(2)6-12-23/h5-14,29H,3-4,15-19H2,1-2H3. The van der Waals surface area contributed by atoms with E-state index in [4.69, 9.17) is 14.5 Å². The first-order chi connectivity index (χ1) is 17.0. The van der Waals surface area contributed by atoms with Crippen molar-refractivity contribution in [1.82, 2.24) is 14.5 Å². The molecule has 0 unspecified atom stereocenters. The van der Waals surface area contributed by atoms with Crippen LogP contribution in [0.15, 0.2) is 54.7 Å². The number of aryl methyl sites for hydroxylation is 1. The summed E-state index contributed by atoms with van der Waals surface area (Å²) in [5, 5.41) is 3.44. The lowest BCUT2D eigenvalue weighted by Crippen LogP contribution is -2.32. The molecular weight excluding hydrogens is 447 g/mol. The van der Waals surface area contributed by atoms with Crippen molar-refractivity contribution in [1.29, 1.82) is 0 Å². The smallest absolute Gasteiger partial charge is 0.252 e. The summed E-state index contributed by atoms with van der Waals surface area (Å²) in [5.74, 6) is 0.982. The van der Waals surface area contributed by atoms with Crippen LogP contribution in [-0.2, 0) is 20.8 Å². The molecular formula is C27H31FN4O3. The SMILES string of the molecule is CCCCOCCOCC(=O)N1C=Cn2c(nc(-c3ccc(F)cc3)c2Nc2ccc(C)cc2)C1. The van der Waals surface area contributed by atoms with Crippen molar-refractivity contribution in [3.8, 4) is 11.3 Å². The Morgan fingerprint density at radius 3 is 2.51 bits per heavy atom. The lowest BCUT2D eigenvalue weighted by Gasteiger charge is -2.23. The van der Waals surface area contributed by atoms with Crippen molar-refractivity contribution in [2.75, 3.05) is 31.7 Å². The number of nitrogens with one attached hydrogen (secondary N) is 1. The number of carbonyl (C=O) groups is 1. The van der Waals surface area contributed by atoms with E-state index in [1.807, 2.05) is 35.8 Å². The number of ether oxygens (including phenoxy) is 2. The van der Waals surface area contributed by atoms with Gasteiger partial charge in [0.1, 0.15) is 29.8 Å². The largest absolute Gasteiger partial charge is 0.379 e. The fourth-order valence-electron chi connectivity index (χ4n) is 3.69. The summed E-state index contributed by atoms with van der Waals surface area (Å²) in [4.78, 5) is 19.1. The number of benzene rings is 2. The van der Waals surface area contributed by atoms with Crippen molar-refractivity contribution >= 4 is 23.6 Å². The molecule has 1 amide bonds. The number of amides is 1. The second-order valence-electron chi connectivity index (χ2n) is 8.43. The summed E-state index contributed by atoms with van der Waals surface area (Å²) in [6.45, 7) is 5.98. The highest BCUT2D eigenvalue weighted by Crippen LogP contribution is 2.33. The van der Waals surface area contributed by atoms with Gasteiger partial charge in [-0.1, -0.05) is 31.0 Å². The summed E-state index contributed by atoms with van der Waals surface area (Å²) in [6.07, 6.45) is 5.64. The van der Waals surface area contributed by atoms with Crippen molar-refractivity contribution in [3.63, 3.8) is 0 Å². The summed E-state index contributed by atoms with van der Waals surface area (Å²) >= 11 is 0. The van der Waals surface area contributed by atoms with E-state index in [2.05, 4.69) is 12.2 Å². The average Bonchev–Trinajstić information content (AvgIpc) is 3.22. The van der Waals surface area contributed by atoms with Gasteiger partial charge in [0, 0.05) is 30.3 Å². The zero-order valence-electron chi connectivity index (χ0n) is 20.2. The number of hydrogen-bond donors (Lipinski definition) is 1. The first kappa shape index (κ1) is 24.6. The van der Waals surface area contributed by atoms with Crippen LogP contribution in [0.1, 0.15) is 31.2 Å². The first-order valence-electron chi connectivity index (χ1n) is 11.9. The molecule has 35 heavy (non-hydrogen) atoms. The van der Waals surface area contributed by atoms with Crippen molar-refractivity contribution in [2.45, 2.75) is 33.2 Å². The zero-order valence-corrected chi connectivity index (χ0v) is 20.2. The van der Waals surface area contributed by atoms with Gasteiger partial charge in [-0.25, -0.2) is 9.37 Å². The molecule has 2 heterocycles. The summed E-state index contributed by atoms with van der Waals surface area (Å²) < 4.78 is 26.4. The van der Waals surface area contributed by atoms with Crippen molar-refractivity contribution in [2.24, 2.45) is 0 Å². The number of rotatable bonds is 11. The molecule has 1 aliphatic heterocycles. The molecule has 4 rings (SSSR count). The minimum absolute atomic E-state index is 0.0263. The van der Waals surface area contributed by atoms with Crippen LogP contribution in [0.5, 0.6) is 0 Å². The molecule has 0 saturated carbocycles. The van der Waals surface area contributed by atoms with E-state index < -0.39 is 0 Å². The number of fused-ring (bicyclic) bond motifs is 1. The fraction of sp³-hybridized carbons (Fsp3) is 0.333. The van der Waals surface area contributed by atoms with Crippen LogP contribution in [0.2, 0.25) is 0 Å². The van der Waals surface area contributed by atoms with Gasteiger partial charge in [-0.3, -0.25) is 9.36 Å².